The molecular weight excluding hydrogens is 282 g/mol. The number of unbranched alkanes of at least 4 members (excludes halogenated alkanes) is 1. The minimum atomic E-state index is -1.04. The summed E-state index contributed by atoms with van der Waals surface area (Å²) in [5.41, 5.74) is -0.199. The number of aliphatic carboxylic acids is 1. The molecule has 0 radical (unpaired) electrons. The van der Waals surface area contributed by atoms with Gasteiger partial charge in [-0.1, -0.05) is 31.5 Å². The minimum absolute atomic E-state index is 0.252. The van der Waals surface area contributed by atoms with Gasteiger partial charge in [-0.25, -0.2) is 0 Å². The van der Waals surface area contributed by atoms with Crippen LogP contribution in [-0.2, 0) is 14.3 Å². The number of hydrogen-bond acceptors (Lipinski definition) is 3. The number of rotatable bonds is 9. The predicted molar refractivity (Wildman–Crippen MR) is 85.9 cm³/mol. The summed E-state index contributed by atoms with van der Waals surface area (Å²) in [5, 5.41) is 9.08. The van der Waals surface area contributed by atoms with Crippen LogP contribution in [0.2, 0.25) is 0 Å². The van der Waals surface area contributed by atoms with Gasteiger partial charge in [-0.15, -0.1) is 0 Å². The molecule has 0 unspecified atom stereocenters. The number of nitrogens with zero attached hydrogens (tertiary/aromatic N) is 1. The summed E-state index contributed by atoms with van der Waals surface area (Å²) in [7, 11) is 0. The summed E-state index contributed by atoms with van der Waals surface area (Å²) in [5.74, 6) is -1.29. The number of carboxylic acid groups (broad SMARTS) is 1. The van der Waals surface area contributed by atoms with Gasteiger partial charge in [-0.05, 0) is 32.4 Å². The second kappa shape index (κ2) is 8.54. The molecule has 0 saturated heterocycles. The van der Waals surface area contributed by atoms with E-state index in [2.05, 4.69) is 6.92 Å². The summed E-state index contributed by atoms with van der Waals surface area (Å²) in [4.78, 5) is 25.1. The fourth-order valence-electron chi connectivity index (χ4n) is 2.02. The van der Waals surface area contributed by atoms with E-state index in [0.717, 1.165) is 12.8 Å². The van der Waals surface area contributed by atoms with Gasteiger partial charge in [-0.2, -0.15) is 0 Å². The maximum absolute atomic E-state index is 12.7. The third kappa shape index (κ3) is 5.48. The number of ether oxygens (including phenoxy) is 1. The maximum Gasteiger partial charge on any atom is 0.323 e. The summed E-state index contributed by atoms with van der Waals surface area (Å²) >= 11 is 0. The van der Waals surface area contributed by atoms with Crippen molar-refractivity contribution in [2.75, 3.05) is 24.7 Å². The van der Waals surface area contributed by atoms with E-state index in [4.69, 9.17) is 9.84 Å². The molecule has 22 heavy (non-hydrogen) atoms. The lowest BCUT2D eigenvalue weighted by Crippen LogP contribution is -2.45. The van der Waals surface area contributed by atoms with Crippen LogP contribution >= 0.6 is 0 Å². The SMILES string of the molecule is CCCCOCC(C)(C)C(=O)N(CC(=O)O)c1ccccc1. The Morgan fingerprint density at radius 3 is 2.41 bits per heavy atom. The highest BCUT2D eigenvalue weighted by molar-refractivity contribution is 6.00. The molecule has 0 spiro atoms. The second-order valence-corrected chi connectivity index (χ2v) is 5.91. The van der Waals surface area contributed by atoms with E-state index in [1.54, 1.807) is 38.1 Å². The largest absolute Gasteiger partial charge is 0.480 e. The molecule has 0 saturated carbocycles. The van der Waals surface area contributed by atoms with Crippen molar-refractivity contribution in [2.45, 2.75) is 33.6 Å². The molecule has 0 heterocycles. The zero-order valence-corrected chi connectivity index (χ0v) is 13.5. The molecule has 0 bridgehead atoms. The lowest BCUT2D eigenvalue weighted by Gasteiger charge is -2.31. The number of carbonyl (C=O) groups is 2. The van der Waals surface area contributed by atoms with Crippen molar-refractivity contribution in [3.8, 4) is 0 Å². The average molecular weight is 307 g/mol. The molecule has 5 nitrogen and oxygen atoms in total. The van der Waals surface area contributed by atoms with Gasteiger partial charge >= 0.3 is 5.97 Å². The Labute approximate surface area is 131 Å². The molecular formula is C17H25NO4. The topological polar surface area (TPSA) is 66.8 Å². The van der Waals surface area contributed by atoms with Crippen LogP contribution in [0.3, 0.4) is 0 Å². The summed E-state index contributed by atoms with van der Waals surface area (Å²) in [6.45, 7) is 6.15. The number of carboxylic acids is 1. The van der Waals surface area contributed by atoms with E-state index in [9.17, 15) is 9.59 Å². The van der Waals surface area contributed by atoms with Gasteiger partial charge in [0.05, 0.1) is 12.0 Å². The molecule has 0 fully saturated rings. The highest BCUT2D eigenvalue weighted by atomic mass is 16.5. The van der Waals surface area contributed by atoms with Gasteiger partial charge in [0, 0.05) is 12.3 Å². The first-order chi connectivity index (χ1) is 10.4. The molecule has 0 aliphatic carbocycles. The number of benzene rings is 1. The monoisotopic (exact) mass is 307 g/mol. The van der Waals surface area contributed by atoms with Crippen LogP contribution in [0, 0.1) is 5.41 Å². The number of anilines is 1. The molecule has 0 atom stereocenters. The number of hydrogen-bond donors (Lipinski definition) is 1. The van der Waals surface area contributed by atoms with Gasteiger partial charge < -0.3 is 14.7 Å². The highest BCUT2D eigenvalue weighted by Gasteiger charge is 2.34. The standard InChI is InChI=1S/C17H25NO4/c1-4-5-11-22-13-17(2,3)16(21)18(12-15(19)20)14-9-7-6-8-10-14/h6-10H,4-5,11-13H2,1-3H3,(H,19,20). The Morgan fingerprint density at radius 1 is 1.23 bits per heavy atom. The second-order valence-electron chi connectivity index (χ2n) is 5.91. The van der Waals surface area contributed by atoms with Crippen molar-refractivity contribution < 1.29 is 19.4 Å². The van der Waals surface area contributed by atoms with E-state index < -0.39 is 11.4 Å². The van der Waals surface area contributed by atoms with Crippen molar-refractivity contribution in [1.82, 2.24) is 0 Å². The van der Waals surface area contributed by atoms with Crippen LogP contribution in [0.5, 0.6) is 0 Å². The van der Waals surface area contributed by atoms with Gasteiger partial charge in [-0.3, -0.25) is 9.59 Å². The molecule has 122 valence electrons. The molecule has 0 aliphatic heterocycles. The van der Waals surface area contributed by atoms with E-state index >= 15 is 0 Å². The highest BCUT2D eigenvalue weighted by Crippen LogP contribution is 2.24. The van der Waals surface area contributed by atoms with Crippen molar-refractivity contribution in [2.24, 2.45) is 5.41 Å². The third-order valence-corrected chi connectivity index (χ3v) is 3.29. The van der Waals surface area contributed by atoms with E-state index in [-0.39, 0.29) is 19.1 Å². The van der Waals surface area contributed by atoms with E-state index in [1.165, 1.54) is 4.90 Å². The minimum Gasteiger partial charge on any atom is -0.480 e. The van der Waals surface area contributed by atoms with Crippen LogP contribution < -0.4 is 4.90 Å². The summed E-state index contributed by atoms with van der Waals surface area (Å²) in [6.07, 6.45) is 1.98. The fraction of sp³-hybridized carbons (Fsp3) is 0.529. The molecule has 1 rings (SSSR count). The Balaban J connectivity index is 2.84. The molecule has 1 aromatic rings. The first kappa shape index (κ1) is 18.2. The quantitative estimate of drug-likeness (QED) is 0.712. The smallest absolute Gasteiger partial charge is 0.323 e. The Morgan fingerprint density at radius 2 is 1.86 bits per heavy atom. The average Bonchev–Trinajstić information content (AvgIpc) is 2.49. The number of carbonyl (C=O) groups excluding carboxylic acids is 1. The zero-order chi connectivity index (χ0) is 16.6. The van der Waals surface area contributed by atoms with Crippen molar-refractivity contribution in [1.29, 1.82) is 0 Å². The molecule has 0 aromatic heterocycles. The van der Waals surface area contributed by atoms with Gasteiger partial charge in [0.15, 0.2) is 0 Å². The summed E-state index contributed by atoms with van der Waals surface area (Å²) < 4.78 is 5.56. The van der Waals surface area contributed by atoms with Gasteiger partial charge in [0.25, 0.3) is 0 Å². The van der Waals surface area contributed by atoms with Crippen molar-refractivity contribution in [3.05, 3.63) is 30.3 Å². The molecule has 1 N–H and O–H groups in total. The lowest BCUT2D eigenvalue weighted by atomic mass is 9.92. The third-order valence-electron chi connectivity index (χ3n) is 3.29. The first-order valence-corrected chi connectivity index (χ1v) is 7.55. The molecule has 1 amide bonds. The van der Waals surface area contributed by atoms with Crippen LogP contribution in [0.15, 0.2) is 30.3 Å². The van der Waals surface area contributed by atoms with E-state index in [1.807, 2.05) is 6.07 Å². The number of amides is 1. The Bertz CT molecular complexity index is 485. The van der Waals surface area contributed by atoms with Crippen LogP contribution in [-0.4, -0.2) is 36.7 Å². The Hall–Kier alpha value is -1.88. The normalized spacial score (nSPS) is 11.2. The lowest BCUT2D eigenvalue weighted by molar-refractivity contribution is -0.138. The predicted octanol–water partition coefficient (Wildman–Crippen LogP) is 2.95. The molecule has 5 heteroatoms. The van der Waals surface area contributed by atoms with Crippen LogP contribution in [0.1, 0.15) is 33.6 Å². The fourth-order valence-corrected chi connectivity index (χ4v) is 2.02. The van der Waals surface area contributed by atoms with Crippen LogP contribution in [0.25, 0.3) is 0 Å². The first-order valence-electron chi connectivity index (χ1n) is 7.55. The van der Waals surface area contributed by atoms with E-state index in [0.29, 0.717) is 12.3 Å². The maximum atomic E-state index is 12.7. The Kier molecular flexibility index (Phi) is 7.05. The zero-order valence-electron chi connectivity index (χ0n) is 13.5. The molecule has 1 aromatic carbocycles. The number of para-hydroxylation sites is 1. The van der Waals surface area contributed by atoms with Crippen molar-refractivity contribution in [3.63, 3.8) is 0 Å². The van der Waals surface area contributed by atoms with Gasteiger partial charge in [0.2, 0.25) is 5.91 Å². The van der Waals surface area contributed by atoms with Crippen molar-refractivity contribution >= 4 is 17.6 Å². The summed E-state index contributed by atoms with van der Waals surface area (Å²) in [6, 6.07) is 8.85. The molecule has 0 aliphatic rings. The van der Waals surface area contributed by atoms with Crippen LogP contribution in [0.4, 0.5) is 5.69 Å². The van der Waals surface area contributed by atoms with Gasteiger partial charge in [0.1, 0.15) is 6.54 Å².